The molecule has 2 amide bonds. The van der Waals surface area contributed by atoms with Crippen molar-refractivity contribution in [2.75, 3.05) is 13.6 Å². The van der Waals surface area contributed by atoms with Crippen LogP contribution < -0.4 is 16.2 Å². The van der Waals surface area contributed by atoms with Crippen LogP contribution in [0.2, 0.25) is 0 Å². The van der Waals surface area contributed by atoms with Gasteiger partial charge in [-0.2, -0.15) is 0 Å². The summed E-state index contributed by atoms with van der Waals surface area (Å²) in [7, 11) is 1.59. The summed E-state index contributed by atoms with van der Waals surface area (Å²) in [5, 5.41) is 16.2. The highest BCUT2D eigenvalue weighted by Gasteiger charge is 2.50. The Hall–Kier alpha value is -4.41. The first kappa shape index (κ1) is 28.1. The molecule has 216 valence electrons. The summed E-state index contributed by atoms with van der Waals surface area (Å²) in [6, 6.07) is 6.73. The van der Waals surface area contributed by atoms with Crippen LogP contribution in [-0.4, -0.2) is 46.2 Å². The van der Waals surface area contributed by atoms with Gasteiger partial charge in [0.1, 0.15) is 12.4 Å². The number of phenols is 1. The number of hydrogen-bond donors (Lipinski definition) is 3. The first-order valence-electron chi connectivity index (χ1n) is 14.0. The van der Waals surface area contributed by atoms with Gasteiger partial charge in [-0.1, -0.05) is 20.3 Å². The Labute approximate surface area is 236 Å². The molecule has 11 heteroatoms. The maximum atomic E-state index is 13.8. The van der Waals surface area contributed by atoms with E-state index in [2.05, 4.69) is 10.6 Å². The largest absolute Gasteiger partial charge is 0.508 e. The summed E-state index contributed by atoms with van der Waals surface area (Å²) < 4.78 is 12.8. The zero-order valence-electron chi connectivity index (χ0n) is 23.5. The van der Waals surface area contributed by atoms with Crippen LogP contribution in [0.15, 0.2) is 29.1 Å². The molecule has 0 spiro atoms. The Kier molecular flexibility index (Phi) is 7.70. The number of unbranched alkanes of at least 4 members (excludes halogenated alkanes) is 2. The van der Waals surface area contributed by atoms with Crippen molar-refractivity contribution < 1.29 is 29.0 Å². The van der Waals surface area contributed by atoms with Gasteiger partial charge in [-0.15, -0.1) is 0 Å². The number of ether oxygens (including phenoxy) is 2. The number of aryl methyl sites for hydroxylation is 1. The number of hydrogen-bond acceptors (Lipinski definition) is 8. The second kappa shape index (κ2) is 11.2. The molecule has 0 radical (unpaired) electrons. The Bertz CT molecular complexity index is 1610. The van der Waals surface area contributed by atoms with E-state index in [9.17, 15) is 24.3 Å². The van der Waals surface area contributed by atoms with Crippen LogP contribution in [0.1, 0.15) is 68.2 Å². The van der Waals surface area contributed by atoms with Gasteiger partial charge >= 0.3 is 12.1 Å². The topological polar surface area (TPSA) is 149 Å². The van der Waals surface area contributed by atoms with Crippen LogP contribution in [0.4, 0.5) is 4.79 Å². The van der Waals surface area contributed by atoms with Crippen molar-refractivity contribution in [3.63, 3.8) is 0 Å². The molecule has 5 rings (SSSR count). The Morgan fingerprint density at radius 2 is 1.95 bits per heavy atom. The van der Waals surface area contributed by atoms with E-state index in [1.807, 2.05) is 6.92 Å². The van der Waals surface area contributed by atoms with Crippen molar-refractivity contribution in [3.05, 3.63) is 56.9 Å². The van der Waals surface area contributed by atoms with Crippen LogP contribution in [0.3, 0.4) is 0 Å². The van der Waals surface area contributed by atoms with Crippen LogP contribution in [0, 0.1) is 0 Å². The number of nitrogens with one attached hydrogen (secondary N) is 2. The minimum absolute atomic E-state index is 0.0321. The van der Waals surface area contributed by atoms with Gasteiger partial charge in [0.2, 0.25) is 11.5 Å². The molecule has 0 saturated carbocycles. The lowest BCUT2D eigenvalue weighted by molar-refractivity contribution is -0.172. The number of aromatic hydroxyl groups is 1. The quantitative estimate of drug-likeness (QED) is 0.208. The van der Waals surface area contributed by atoms with E-state index >= 15 is 0 Å². The molecule has 41 heavy (non-hydrogen) atoms. The van der Waals surface area contributed by atoms with Crippen LogP contribution in [-0.2, 0) is 44.2 Å². The molecule has 2 aliphatic rings. The van der Waals surface area contributed by atoms with Gasteiger partial charge in [-0.3, -0.25) is 9.59 Å². The monoisotopic (exact) mass is 562 g/mol. The molecule has 0 aliphatic carbocycles. The van der Waals surface area contributed by atoms with E-state index in [1.165, 1.54) is 0 Å². The van der Waals surface area contributed by atoms with E-state index in [4.69, 9.17) is 14.5 Å². The number of fused-ring (bicyclic) bond motifs is 5. The Balaban J connectivity index is 1.47. The number of carbonyl (C=O) groups excluding carboxylic acids is 3. The summed E-state index contributed by atoms with van der Waals surface area (Å²) >= 11 is 0. The molecule has 0 unspecified atom stereocenters. The molecule has 1 aromatic carbocycles. The van der Waals surface area contributed by atoms with Crippen molar-refractivity contribution in [1.29, 1.82) is 0 Å². The summed E-state index contributed by atoms with van der Waals surface area (Å²) in [5.41, 5.74) is 2.20. The molecule has 3 aromatic rings. The second-order valence-electron chi connectivity index (χ2n) is 10.3. The zero-order valence-corrected chi connectivity index (χ0v) is 23.5. The number of rotatable bonds is 9. The third kappa shape index (κ3) is 4.89. The maximum Gasteiger partial charge on any atom is 0.408 e. The molecular formula is C30H34N4O7. The number of aromatic nitrogens is 2. The molecule has 2 aromatic heterocycles. The molecular weight excluding hydrogens is 528 g/mol. The molecule has 11 nitrogen and oxygen atoms in total. The van der Waals surface area contributed by atoms with Crippen molar-refractivity contribution in [3.8, 4) is 17.1 Å². The lowest BCUT2D eigenvalue weighted by Crippen LogP contribution is -2.49. The lowest BCUT2D eigenvalue weighted by atomic mass is 9.85. The fourth-order valence-corrected chi connectivity index (χ4v) is 5.81. The van der Waals surface area contributed by atoms with Crippen molar-refractivity contribution in [2.45, 2.75) is 71.1 Å². The number of nitrogens with zero attached hydrogens (tertiary/aromatic N) is 2. The first-order valence-corrected chi connectivity index (χ1v) is 14.0. The SMILES string of the molecule is CCc1c2c(nc3ccc(O)cc13)-c1cc3c(c(=O)n1C2)COC(=O)[C@@]3(CC)OC(=O)NCCCCCC(=O)NC. The Morgan fingerprint density at radius 3 is 2.68 bits per heavy atom. The maximum absolute atomic E-state index is 13.8. The van der Waals surface area contributed by atoms with Gasteiger partial charge in [-0.25, -0.2) is 14.6 Å². The van der Waals surface area contributed by atoms with E-state index in [0.717, 1.165) is 22.9 Å². The third-order valence-electron chi connectivity index (χ3n) is 8.01. The molecule has 4 heterocycles. The molecule has 1 atom stereocenters. The summed E-state index contributed by atoms with van der Waals surface area (Å²) in [5.74, 6) is -0.623. The van der Waals surface area contributed by atoms with Gasteiger partial charge in [0.15, 0.2) is 0 Å². The number of cyclic esters (lactones) is 1. The number of esters is 1. The number of amides is 2. The molecule has 2 aliphatic heterocycles. The second-order valence-corrected chi connectivity index (χ2v) is 10.3. The van der Waals surface area contributed by atoms with Gasteiger partial charge in [0.05, 0.1) is 29.0 Å². The molecule has 0 saturated heterocycles. The van der Waals surface area contributed by atoms with Crippen LogP contribution in [0.5, 0.6) is 5.75 Å². The number of alkyl carbamates (subject to hydrolysis) is 1. The highest BCUT2D eigenvalue weighted by Crippen LogP contribution is 2.42. The number of pyridine rings is 2. The van der Waals surface area contributed by atoms with Crippen molar-refractivity contribution >= 4 is 28.9 Å². The first-order chi connectivity index (χ1) is 19.7. The highest BCUT2D eigenvalue weighted by molar-refractivity contribution is 5.90. The highest BCUT2D eigenvalue weighted by atomic mass is 16.6. The predicted octanol–water partition coefficient (Wildman–Crippen LogP) is 3.39. The number of carbonyl (C=O) groups is 3. The fourth-order valence-electron chi connectivity index (χ4n) is 5.81. The molecule has 0 bridgehead atoms. The zero-order chi connectivity index (χ0) is 29.3. The smallest absolute Gasteiger partial charge is 0.408 e. The Morgan fingerprint density at radius 1 is 1.15 bits per heavy atom. The minimum Gasteiger partial charge on any atom is -0.508 e. The average molecular weight is 563 g/mol. The van der Waals surface area contributed by atoms with Gasteiger partial charge in [-0.05, 0) is 55.5 Å². The van der Waals surface area contributed by atoms with Gasteiger partial charge in [0.25, 0.3) is 5.56 Å². The minimum atomic E-state index is -1.79. The fraction of sp³-hybridized carbons (Fsp3) is 0.433. The standard InChI is InChI=1S/C30H34N4O7/c1-4-18-19-13-17(35)10-11-23(19)33-26-20(18)15-34-24(26)14-22-21(27(34)37)16-40-28(38)30(22,5-2)41-29(39)32-12-8-6-7-9-25(36)31-3/h10-11,13-14,35H,4-9,12,15-16H2,1-3H3,(H,31,36)(H,32,39)/t30-/m0/s1. The van der Waals surface area contributed by atoms with E-state index in [-0.39, 0.29) is 35.8 Å². The van der Waals surface area contributed by atoms with Crippen LogP contribution >= 0.6 is 0 Å². The lowest BCUT2D eigenvalue weighted by Gasteiger charge is -2.35. The van der Waals surface area contributed by atoms with Gasteiger partial charge in [0, 0.05) is 36.5 Å². The number of phenolic OH excluding ortho intramolecular Hbond substituents is 1. The summed E-state index contributed by atoms with van der Waals surface area (Å²) in [6.07, 6.45) is 2.42. The summed E-state index contributed by atoms with van der Waals surface area (Å²) in [4.78, 5) is 56.1. The predicted molar refractivity (Wildman–Crippen MR) is 150 cm³/mol. The van der Waals surface area contributed by atoms with E-state index in [1.54, 1.807) is 42.8 Å². The van der Waals surface area contributed by atoms with Crippen LogP contribution in [0.25, 0.3) is 22.3 Å². The number of benzene rings is 1. The van der Waals surface area contributed by atoms with Gasteiger partial charge < -0.3 is 29.8 Å². The molecule has 0 fully saturated rings. The third-order valence-corrected chi connectivity index (χ3v) is 8.01. The van der Waals surface area contributed by atoms with E-state index in [0.29, 0.717) is 61.2 Å². The van der Waals surface area contributed by atoms with Crippen molar-refractivity contribution in [2.24, 2.45) is 0 Å². The van der Waals surface area contributed by atoms with E-state index < -0.39 is 17.7 Å². The van der Waals surface area contributed by atoms with Crippen molar-refractivity contribution in [1.82, 2.24) is 20.2 Å². The summed E-state index contributed by atoms with van der Waals surface area (Å²) in [6.45, 7) is 4.10. The molecule has 3 N–H and O–H groups in total. The average Bonchev–Trinajstić information content (AvgIpc) is 3.33. The normalized spacial score (nSPS) is 16.9.